The van der Waals surface area contributed by atoms with E-state index in [9.17, 15) is 14.9 Å². The highest BCUT2D eigenvalue weighted by molar-refractivity contribution is 7.11. The highest BCUT2D eigenvalue weighted by Gasteiger charge is 2.28. The zero-order valence-electron chi connectivity index (χ0n) is 19.7. The lowest BCUT2D eigenvalue weighted by atomic mass is 10.0. The molecule has 9 heteroatoms. The summed E-state index contributed by atoms with van der Waals surface area (Å²) in [6.07, 6.45) is 0.555. The maximum Gasteiger partial charge on any atom is 0.245 e. The van der Waals surface area contributed by atoms with Crippen molar-refractivity contribution >= 4 is 34.0 Å². The molecule has 1 aliphatic rings. The number of carbonyl (C=O) groups excluding carboxylic acids is 2. The van der Waals surface area contributed by atoms with Crippen molar-refractivity contribution in [3.8, 4) is 17.2 Å². The van der Waals surface area contributed by atoms with Crippen LogP contribution in [0.3, 0.4) is 0 Å². The Morgan fingerprint density at radius 1 is 1.21 bits per heavy atom. The first kappa shape index (κ1) is 24.7. The Morgan fingerprint density at radius 2 is 1.85 bits per heavy atom. The predicted molar refractivity (Wildman–Crippen MR) is 132 cm³/mol. The van der Waals surface area contributed by atoms with E-state index in [1.54, 1.807) is 6.92 Å². The average Bonchev–Trinajstić information content (AvgIpc) is 3.17. The molecule has 1 aromatic heterocycles. The van der Waals surface area contributed by atoms with Gasteiger partial charge in [-0.05, 0) is 48.5 Å². The first-order chi connectivity index (χ1) is 15.7. The highest BCUT2D eigenvalue weighted by Crippen LogP contribution is 2.38. The Hall–Kier alpha value is -2.96. The van der Waals surface area contributed by atoms with Gasteiger partial charge in [-0.3, -0.25) is 14.5 Å². The van der Waals surface area contributed by atoms with E-state index >= 15 is 0 Å². The van der Waals surface area contributed by atoms with Gasteiger partial charge in [0.05, 0.1) is 17.8 Å². The molecule has 1 aliphatic heterocycles. The third kappa shape index (κ3) is 5.70. The number of nitrogens with two attached hydrogens (primary N) is 1. The fourth-order valence-electron chi connectivity index (χ4n) is 4.12. The highest BCUT2D eigenvalue weighted by atomic mass is 32.1. The van der Waals surface area contributed by atoms with Crippen LogP contribution in [-0.2, 0) is 9.59 Å². The summed E-state index contributed by atoms with van der Waals surface area (Å²) in [5.41, 5.74) is 9.86. The number of hydrogen-bond acceptors (Lipinski definition) is 7. The number of anilines is 2. The van der Waals surface area contributed by atoms with Crippen LogP contribution in [0.4, 0.5) is 10.7 Å². The molecule has 8 nitrogen and oxygen atoms in total. The number of benzene rings is 1. The van der Waals surface area contributed by atoms with Gasteiger partial charge in [0.2, 0.25) is 11.8 Å². The second kappa shape index (κ2) is 10.8. The second-order valence-electron chi connectivity index (χ2n) is 8.81. The van der Waals surface area contributed by atoms with Gasteiger partial charge in [-0.1, -0.05) is 26.0 Å². The van der Waals surface area contributed by atoms with Gasteiger partial charge in [-0.2, -0.15) is 9.64 Å². The summed E-state index contributed by atoms with van der Waals surface area (Å²) < 4.78 is 4.49. The number of nitriles is 1. The number of carbonyl (C=O) groups is 2. The number of hydrogen-bond donors (Lipinski definition) is 1. The average molecular weight is 469 g/mol. The topological polar surface area (TPSA) is 107 Å². The molecule has 1 atom stereocenters. The molecule has 0 radical (unpaired) electrons. The van der Waals surface area contributed by atoms with Crippen molar-refractivity contribution in [3.63, 3.8) is 0 Å². The molecule has 0 spiro atoms. The van der Waals surface area contributed by atoms with Crippen LogP contribution in [0.1, 0.15) is 32.9 Å². The number of amides is 2. The molecular formula is C24H32N6O2S. The molecule has 1 aromatic carbocycles. The van der Waals surface area contributed by atoms with Crippen LogP contribution in [0.5, 0.6) is 0 Å². The van der Waals surface area contributed by atoms with Gasteiger partial charge < -0.3 is 15.5 Å². The summed E-state index contributed by atoms with van der Waals surface area (Å²) in [7, 11) is 0. The van der Waals surface area contributed by atoms with Crippen LogP contribution in [0, 0.1) is 24.2 Å². The Balaban J connectivity index is 1.84. The van der Waals surface area contributed by atoms with Crippen molar-refractivity contribution in [2.24, 2.45) is 11.7 Å². The molecule has 1 saturated heterocycles. The van der Waals surface area contributed by atoms with Gasteiger partial charge in [0.25, 0.3) is 0 Å². The van der Waals surface area contributed by atoms with Crippen LogP contribution >= 0.6 is 11.5 Å². The minimum atomic E-state index is -0.662. The molecule has 0 aliphatic carbocycles. The third-order valence-corrected chi connectivity index (χ3v) is 6.84. The summed E-state index contributed by atoms with van der Waals surface area (Å²) in [5, 5.41) is 10.0. The molecule has 2 heterocycles. The van der Waals surface area contributed by atoms with Crippen LogP contribution in [0.15, 0.2) is 24.3 Å². The van der Waals surface area contributed by atoms with Crippen LogP contribution in [0.2, 0.25) is 0 Å². The van der Waals surface area contributed by atoms with Gasteiger partial charge in [0.15, 0.2) is 0 Å². The molecule has 0 saturated carbocycles. The largest absolute Gasteiger partial charge is 0.368 e. The van der Waals surface area contributed by atoms with E-state index in [-0.39, 0.29) is 24.3 Å². The van der Waals surface area contributed by atoms with Crippen molar-refractivity contribution < 1.29 is 9.59 Å². The minimum absolute atomic E-state index is 0.0717. The number of rotatable bonds is 7. The molecule has 2 N–H and O–H groups in total. The molecule has 2 aromatic rings. The fraction of sp³-hybridized carbons (Fsp3) is 0.500. The Kier molecular flexibility index (Phi) is 8.06. The van der Waals surface area contributed by atoms with Gasteiger partial charge in [0.1, 0.15) is 11.5 Å². The maximum atomic E-state index is 13.1. The van der Waals surface area contributed by atoms with Crippen LogP contribution in [-0.4, -0.2) is 59.9 Å². The Bertz CT molecular complexity index is 1020. The molecule has 2 amide bonds. The summed E-state index contributed by atoms with van der Waals surface area (Å²) in [4.78, 5) is 30.3. The minimum Gasteiger partial charge on any atom is -0.368 e. The molecule has 33 heavy (non-hydrogen) atoms. The normalized spacial score (nSPS) is 14.8. The van der Waals surface area contributed by atoms with E-state index < -0.39 is 6.04 Å². The van der Waals surface area contributed by atoms with Crippen LogP contribution < -0.4 is 15.5 Å². The zero-order valence-corrected chi connectivity index (χ0v) is 20.6. The Labute approximate surface area is 199 Å². The van der Waals surface area contributed by atoms with Crippen molar-refractivity contribution in [2.45, 2.75) is 40.2 Å². The second-order valence-corrected chi connectivity index (χ2v) is 9.56. The molecular weight excluding hydrogens is 436 g/mol. The number of aryl methyl sites for hydroxylation is 1. The van der Waals surface area contributed by atoms with E-state index in [0.717, 1.165) is 48.7 Å². The lowest BCUT2D eigenvalue weighted by molar-refractivity contribution is -0.129. The standard InChI is InChI=1S/C24H32N6O2S/c1-16(2)15-21(26)23(32)30(10-9-25)24-22(17(3)27-33-24)19-5-7-20(8-6-19)29-13-11-28(12-14-29)18(4)31/h5-8,16,21H,10-15,26H2,1-4H3/t21-/m0/s1. The number of aromatic nitrogens is 1. The summed E-state index contributed by atoms with van der Waals surface area (Å²) >= 11 is 1.22. The van der Waals surface area contributed by atoms with Crippen molar-refractivity contribution in [1.82, 2.24) is 9.27 Å². The molecule has 0 unspecified atom stereocenters. The van der Waals surface area contributed by atoms with Gasteiger partial charge >= 0.3 is 0 Å². The molecule has 1 fully saturated rings. The molecule has 176 valence electrons. The van der Waals surface area contributed by atoms with Crippen molar-refractivity contribution in [1.29, 1.82) is 5.26 Å². The molecule has 3 rings (SSSR count). The smallest absolute Gasteiger partial charge is 0.245 e. The first-order valence-corrected chi connectivity index (χ1v) is 12.0. The summed E-state index contributed by atoms with van der Waals surface area (Å²) in [6, 6.07) is 9.60. The van der Waals surface area contributed by atoms with Gasteiger partial charge in [-0.15, -0.1) is 0 Å². The lowest BCUT2D eigenvalue weighted by Gasteiger charge is -2.35. The lowest BCUT2D eigenvalue weighted by Crippen LogP contribution is -2.48. The predicted octanol–water partition coefficient (Wildman–Crippen LogP) is 3.02. The van der Waals surface area contributed by atoms with E-state index in [2.05, 4.69) is 27.5 Å². The summed E-state index contributed by atoms with van der Waals surface area (Å²) in [6.45, 7) is 10.5. The summed E-state index contributed by atoms with van der Waals surface area (Å²) in [5.74, 6) is 0.137. The fourth-order valence-corrected chi connectivity index (χ4v) is 5.05. The van der Waals surface area contributed by atoms with Gasteiger partial charge in [-0.25, -0.2) is 0 Å². The van der Waals surface area contributed by atoms with E-state index in [1.807, 2.05) is 37.8 Å². The van der Waals surface area contributed by atoms with E-state index in [0.29, 0.717) is 11.4 Å². The van der Waals surface area contributed by atoms with Crippen LogP contribution in [0.25, 0.3) is 11.1 Å². The Morgan fingerprint density at radius 3 is 2.39 bits per heavy atom. The SMILES string of the molecule is CC(=O)N1CCN(c2ccc(-c3c(C)nsc3N(CC#N)C(=O)[C@@H](N)CC(C)C)cc2)CC1. The number of piperazine rings is 1. The number of nitrogens with zero attached hydrogens (tertiary/aromatic N) is 5. The maximum absolute atomic E-state index is 13.1. The zero-order chi connectivity index (χ0) is 24.1. The monoisotopic (exact) mass is 468 g/mol. The quantitative estimate of drug-likeness (QED) is 0.626. The third-order valence-electron chi connectivity index (χ3n) is 5.87. The molecule has 0 bridgehead atoms. The van der Waals surface area contributed by atoms with Crippen molar-refractivity contribution in [2.75, 3.05) is 42.5 Å². The first-order valence-electron chi connectivity index (χ1n) is 11.2. The van der Waals surface area contributed by atoms with Gasteiger partial charge in [0, 0.05) is 44.4 Å². The van der Waals surface area contributed by atoms with E-state index in [1.165, 1.54) is 16.4 Å². The van der Waals surface area contributed by atoms with Crippen molar-refractivity contribution in [3.05, 3.63) is 30.0 Å². The van der Waals surface area contributed by atoms with E-state index in [4.69, 9.17) is 5.73 Å².